The van der Waals surface area contributed by atoms with Crippen LogP contribution >= 0.6 is 0 Å². The van der Waals surface area contributed by atoms with Crippen molar-refractivity contribution in [3.63, 3.8) is 0 Å². The van der Waals surface area contributed by atoms with Gasteiger partial charge < -0.3 is 49.3 Å². The monoisotopic (exact) mass is 906 g/mol. The van der Waals surface area contributed by atoms with Crippen LogP contribution in [0, 0.1) is 0 Å². The van der Waals surface area contributed by atoms with Gasteiger partial charge in [0.2, 0.25) is 11.8 Å². The molecule has 4 atom stereocenters. The molecule has 2 aromatic heterocycles. The Balaban J connectivity index is 1.07. The number of alkyl halides is 6. The molecule has 0 spiro atoms. The summed E-state index contributed by atoms with van der Waals surface area (Å²) in [5.74, 6) is 0.0595. The summed E-state index contributed by atoms with van der Waals surface area (Å²) in [5.41, 5.74) is 4.90. The third-order valence-electron chi connectivity index (χ3n) is 10.8. The molecule has 2 aliphatic heterocycles. The minimum atomic E-state index is -4.53. The minimum absolute atomic E-state index is 0.194. The average molecular weight is 907 g/mol. The van der Waals surface area contributed by atoms with Crippen LogP contribution < -0.4 is 10.6 Å². The van der Waals surface area contributed by atoms with Crippen molar-refractivity contribution < 1.29 is 64.5 Å². The molecule has 4 aromatic rings. The molecule has 4 amide bonds. The third-order valence-corrected chi connectivity index (χ3v) is 10.8. The van der Waals surface area contributed by atoms with Crippen molar-refractivity contribution >= 4 is 24.0 Å². The Morgan fingerprint density at radius 2 is 1.00 bits per heavy atom. The van der Waals surface area contributed by atoms with Gasteiger partial charge >= 0.3 is 24.5 Å². The second-order valence-corrected chi connectivity index (χ2v) is 15.2. The van der Waals surface area contributed by atoms with E-state index in [2.05, 4.69) is 49.5 Å². The van der Waals surface area contributed by atoms with Crippen LogP contribution in [0.4, 0.5) is 35.9 Å². The van der Waals surface area contributed by atoms with Crippen molar-refractivity contribution in [3.8, 4) is 33.6 Å². The number of rotatable bonds is 17. The molecular formula is C42H48F6N8O8. The number of H-pyrrole nitrogens is 2. The molecule has 2 aliphatic rings. The molecule has 346 valence electrons. The highest BCUT2D eigenvalue weighted by atomic mass is 19.4. The molecule has 16 nitrogen and oxygen atoms in total. The number of carbonyl (C=O) groups is 4. The topological polar surface area (TPSA) is 193 Å². The lowest BCUT2D eigenvalue weighted by atomic mass is 10.0. The Morgan fingerprint density at radius 3 is 1.34 bits per heavy atom. The van der Waals surface area contributed by atoms with Crippen molar-refractivity contribution in [1.82, 2.24) is 40.4 Å². The number of imidazole rings is 2. The van der Waals surface area contributed by atoms with E-state index in [1.165, 1.54) is 0 Å². The maximum absolute atomic E-state index is 13.6. The highest BCUT2D eigenvalue weighted by Crippen LogP contribution is 2.35. The van der Waals surface area contributed by atoms with E-state index in [0.717, 1.165) is 36.5 Å². The smallest absolute Gasteiger partial charge is 0.411 e. The minimum Gasteiger partial charge on any atom is -0.453 e. The molecule has 4 heterocycles. The lowest BCUT2D eigenvalue weighted by Gasteiger charge is -2.28. The molecule has 0 radical (unpaired) electrons. The molecule has 64 heavy (non-hydrogen) atoms. The van der Waals surface area contributed by atoms with Crippen LogP contribution in [-0.2, 0) is 28.5 Å². The number of halogens is 6. The first-order valence-corrected chi connectivity index (χ1v) is 20.4. The normalized spacial score (nSPS) is 17.6. The number of aromatic nitrogens is 4. The van der Waals surface area contributed by atoms with E-state index in [1.807, 2.05) is 48.5 Å². The van der Waals surface area contributed by atoms with Crippen LogP contribution in [0.15, 0.2) is 60.9 Å². The molecule has 22 heteroatoms. The summed E-state index contributed by atoms with van der Waals surface area (Å²) in [6, 6.07) is 12.2. The van der Waals surface area contributed by atoms with Crippen LogP contribution in [0.1, 0.15) is 62.3 Å². The summed E-state index contributed by atoms with van der Waals surface area (Å²) in [4.78, 5) is 70.0. The molecular weight excluding hydrogens is 858 g/mol. The maximum atomic E-state index is 13.6. The summed E-state index contributed by atoms with van der Waals surface area (Å²) in [5, 5.41) is 4.82. The van der Waals surface area contributed by atoms with E-state index in [-0.39, 0.29) is 12.8 Å². The summed E-state index contributed by atoms with van der Waals surface area (Å²) < 4.78 is 94.2. The maximum Gasteiger partial charge on any atom is 0.411 e. The number of likely N-dealkylation sites (tertiary alicyclic amines) is 2. The van der Waals surface area contributed by atoms with Crippen molar-refractivity contribution in [2.75, 3.05) is 53.7 Å². The molecule has 2 aromatic carbocycles. The summed E-state index contributed by atoms with van der Waals surface area (Å²) in [7, 11) is 2.24. The summed E-state index contributed by atoms with van der Waals surface area (Å²) >= 11 is 0. The summed E-state index contributed by atoms with van der Waals surface area (Å²) in [6.45, 7) is -3.07. The molecule has 6 rings (SSSR count). The van der Waals surface area contributed by atoms with Crippen molar-refractivity contribution in [2.45, 2.75) is 75.0 Å². The SMILES string of the molecule is COC(=O)NC(CCOCC(F)(F)F)C(=O)N1CCCC1c1ncc(-c2ccc(-c3ccc(-c4cnc(C5CCCN5C(=O)C(CCOCC(F)(F)F)NC(=O)OC)[nH]4)cc3)cc2)[nH]1. The van der Waals surface area contributed by atoms with Gasteiger partial charge in [-0.05, 0) is 47.9 Å². The van der Waals surface area contributed by atoms with Gasteiger partial charge in [-0.3, -0.25) is 9.59 Å². The van der Waals surface area contributed by atoms with Crippen molar-refractivity contribution in [3.05, 3.63) is 72.6 Å². The number of hydrogen-bond donors (Lipinski definition) is 4. The fourth-order valence-electron chi connectivity index (χ4n) is 7.71. The number of hydrogen-bond acceptors (Lipinski definition) is 10. The van der Waals surface area contributed by atoms with Crippen LogP contribution in [0.25, 0.3) is 33.6 Å². The second-order valence-electron chi connectivity index (χ2n) is 15.2. The average Bonchev–Trinajstić information content (AvgIpc) is 4.12. The zero-order valence-corrected chi connectivity index (χ0v) is 34.9. The number of carbonyl (C=O) groups excluding carboxylic acids is 4. The van der Waals surface area contributed by atoms with Crippen LogP contribution in [0.5, 0.6) is 0 Å². The quantitative estimate of drug-likeness (QED) is 0.0644. The molecule has 0 saturated carbocycles. The first-order chi connectivity index (χ1) is 30.5. The predicted molar refractivity (Wildman–Crippen MR) is 216 cm³/mol. The first kappa shape index (κ1) is 47.3. The van der Waals surface area contributed by atoms with E-state index in [4.69, 9.17) is 0 Å². The van der Waals surface area contributed by atoms with Crippen LogP contribution in [0.3, 0.4) is 0 Å². The highest BCUT2D eigenvalue weighted by molar-refractivity contribution is 5.87. The molecule has 4 N–H and O–H groups in total. The number of ether oxygens (including phenoxy) is 4. The number of methoxy groups -OCH3 is 2. The lowest BCUT2D eigenvalue weighted by Crippen LogP contribution is -2.49. The molecule has 2 saturated heterocycles. The fraction of sp³-hybridized carbons (Fsp3) is 0.476. The number of aromatic amines is 2. The number of alkyl carbamates (subject to hydrolysis) is 2. The molecule has 4 unspecified atom stereocenters. The first-order valence-electron chi connectivity index (χ1n) is 20.4. The Bertz CT molecular complexity index is 2040. The highest BCUT2D eigenvalue weighted by Gasteiger charge is 2.38. The van der Waals surface area contributed by atoms with Crippen LogP contribution in [0.2, 0.25) is 0 Å². The molecule has 0 bridgehead atoms. The standard InChI is InChI=1S/C42H48F6N8O8/c1-61-39(59)53-29(15-19-63-23-41(43,44)45)37(57)55-17-3-5-33(55)35-49-21-31(51-35)27-11-7-25(8-12-27)26-9-13-28(14-10-26)32-22-50-36(52-32)34-6-4-18-56(34)38(58)30(54-40(60)62-2)16-20-64-24-42(46,47)48/h7-14,21-22,29-30,33-34H,3-6,15-20,23-24H2,1-2H3,(H,49,51)(H,50,52)(H,53,59)(H,54,60). The zero-order valence-electron chi connectivity index (χ0n) is 34.9. The largest absolute Gasteiger partial charge is 0.453 e. The second kappa shape index (κ2) is 21.0. The van der Waals surface area contributed by atoms with E-state index >= 15 is 0 Å². The van der Waals surface area contributed by atoms with Gasteiger partial charge in [-0.25, -0.2) is 19.6 Å². The Hall–Kier alpha value is -6.16. The third kappa shape index (κ3) is 12.5. The van der Waals surface area contributed by atoms with E-state index < -0.39 is 86.9 Å². The van der Waals surface area contributed by atoms with Crippen LogP contribution in [-0.4, -0.2) is 132 Å². The number of amides is 4. The van der Waals surface area contributed by atoms with Gasteiger partial charge in [0, 0.05) is 39.1 Å². The van der Waals surface area contributed by atoms with Gasteiger partial charge in [0.25, 0.3) is 0 Å². The van der Waals surface area contributed by atoms with Gasteiger partial charge in [-0.2, -0.15) is 26.3 Å². The Labute approximate surface area is 363 Å². The van der Waals surface area contributed by atoms with E-state index in [0.29, 0.717) is 61.8 Å². The molecule has 0 aliphatic carbocycles. The van der Waals surface area contributed by atoms with Gasteiger partial charge in [-0.1, -0.05) is 48.5 Å². The van der Waals surface area contributed by atoms with E-state index in [9.17, 15) is 45.5 Å². The fourth-order valence-corrected chi connectivity index (χ4v) is 7.71. The molecule has 2 fully saturated rings. The van der Waals surface area contributed by atoms with Gasteiger partial charge in [0.05, 0.1) is 50.1 Å². The lowest BCUT2D eigenvalue weighted by molar-refractivity contribution is -0.175. The predicted octanol–water partition coefficient (Wildman–Crippen LogP) is 6.85. The number of nitrogens with one attached hydrogen (secondary N) is 4. The number of nitrogens with zero attached hydrogens (tertiary/aromatic N) is 4. The van der Waals surface area contributed by atoms with Crippen molar-refractivity contribution in [2.24, 2.45) is 0 Å². The number of benzene rings is 2. The van der Waals surface area contributed by atoms with Gasteiger partial charge in [0.1, 0.15) is 36.9 Å². The Morgan fingerprint density at radius 1 is 0.641 bits per heavy atom. The van der Waals surface area contributed by atoms with Crippen molar-refractivity contribution in [1.29, 1.82) is 0 Å². The zero-order chi connectivity index (χ0) is 46.0. The van der Waals surface area contributed by atoms with E-state index in [1.54, 1.807) is 22.2 Å². The Kier molecular flexibility index (Phi) is 15.5. The van der Waals surface area contributed by atoms with Gasteiger partial charge in [-0.15, -0.1) is 0 Å². The summed E-state index contributed by atoms with van der Waals surface area (Å²) in [6.07, 6.45) is -5.49. The van der Waals surface area contributed by atoms with Gasteiger partial charge in [0.15, 0.2) is 0 Å².